The molecule has 0 fully saturated rings. The number of carbonyl (C=O) groups excluding carboxylic acids is 1. The van der Waals surface area contributed by atoms with Crippen molar-refractivity contribution in [3.63, 3.8) is 0 Å². The van der Waals surface area contributed by atoms with E-state index in [0.29, 0.717) is 24.8 Å². The van der Waals surface area contributed by atoms with E-state index in [1.165, 1.54) is 0 Å². The Kier molecular flexibility index (Phi) is 5.88. The van der Waals surface area contributed by atoms with Gasteiger partial charge in [-0.05, 0) is 40.2 Å². The average Bonchev–Trinajstić information content (AvgIpc) is 2.32. The predicted molar refractivity (Wildman–Crippen MR) is 79.0 cm³/mol. The minimum atomic E-state index is -0.290. The third-order valence-corrected chi connectivity index (χ3v) is 2.38. The summed E-state index contributed by atoms with van der Waals surface area (Å²) in [6, 6.07) is 1.68. The van der Waals surface area contributed by atoms with Gasteiger partial charge in [-0.3, -0.25) is 4.79 Å². The third-order valence-electron chi connectivity index (χ3n) is 2.38. The van der Waals surface area contributed by atoms with Crippen LogP contribution in [0.25, 0.3) is 0 Å². The summed E-state index contributed by atoms with van der Waals surface area (Å²) in [6.07, 6.45) is 0.858. The normalized spacial score (nSPS) is 11.2. The number of hydrogen-bond acceptors (Lipinski definition) is 5. The van der Waals surface area contributed by atoms with Crippen molar-refractivity contribution in [1.29, 1.82) is 0 Å². The van der Waals surface area contributed by atoms with Gasteiger partial charge in [0.2, 0.25) is 5.95 Å². The lowest BCUT2D eigenvalue weighted by atomic mass is 10.1. The van der Waals surface area contributed by atoms with Crippen LogP contribution in [-0.2, 0) is 4.74 Å². The van der Waals surface area contributed by atoms with Gasteiger partial charge < -0.3 is 15.4 Å². The Balaban J connectivity index is 2.73. The molecule has 0 saturated carbocycles. The maximum absolute atomic E-state index is 12.1. The molecule has 1 rings (SSSR count). The lowest BCUT2D eigenvalue weighted by Crippen LogP contribution is -2.41. The molecule has 1 aromatic heterocycles. The second kappa shape index (κ2) is 7.19. The first-order valence-electron chi connectivity index (χ1n) is 6.73. The van der Waals surface area contributed by atoms with Crippen molar-refractivity contribution in [2.45, 2.75) is 39.7 Å². The van der Waals surface area contributed by atoms with Crippen LogP contribution in [0.2, 0.25) is 0 Å². The molecular formula is C14H24N4O2. The summed E-state index contributed by atoms with van der Waals surface area (Å²) < 4.78 is 4.98. The second-order valence-electron chi connectivity index (χ2n) is 5.70. The number of nitrogens with one attached hydrogen (secondary N) is 2. The van der Waals surface area contributed by atoms with Crippen LogP contribution < -0.4 is 10.6 Å². The molecule has 112 valence electrons. The van der Waals surface area contributed by atoms with Crippen molar-refractivity contribution in [3.8, 4) is 0 Å². The van der Waals surface area contributed by atoms with E-state index < -0.39 is 0 Å². The monoisotopic (exact) mass is 280 g/mol. The Morgan fingerprint density at radius 2 is 2.05 bits per heavy atom. The van der Waals surface area contributed by atoms with Gasteiger partial charge in [-0.1, -0.05) is 0 Å². The van der Waals surface area contributed by atoms with Crippen LogP contribution in [-0.4, -0.2) is 41.7 Å². The Labute approximate surface area is 120 Å². The van der Waals surface area contributed by atoms with E-state index in [0.717, 1.165) is 12.1 Å². The lowest BCUT2D eigenvalue weighted by Gasteiger charge is -2.20. The molecule has 0 aromatic carbocycles. The second-order valence-corrected chi connectivity index (χ2v) is 5.70. The zero-order valence-electron chi connectivity index (χ0n) is 12.9. The van der Waals surface area contributed by atoms with Crippen LogP contribution in [0.4, 0.5) is 5.95 Å². The molecule has 0 aliphatic heterocycles. The molecule has 6 nitrogen and oxygen atoms in total. The number of hydrogen-bond donors (Lipinski definition) is 2. The van der Waals surface area contributed by atoms with E-state index in [2.05, 4.69) is 20.6 Å². The Morgan fingerprint density at radius 1 is 1.35 bits per heavy atom. The molecule has 1 amide bonds. The van der Waals surface area contributed by atoms with Gasteiger partial charge in [-0.2, -0.15) is 0 Å². The molecule has 1 heterocycles. The molecule has 1 aromatic rings. The van der Waals surface area contributed by atoms with Crippen LogP contribution >= 0.6 is 0 Å². The van der Waals surface area contributed by atoms with E-state index >= 15 is 0 Å². The van der Waals surface area contributed by atoms with Gasteiger partial charge in [-0.15, -0.1) is 0 Å². The molecule has 0 aliphatic carbocycles. The van der Waals surface area contributed by atoms with E-state index in [1.54, 1.807) is 13.2 Å². The molecule has 20 heavy (non-hydrogen) atoms. The van der Waals surface area contributed by atoms with Crippen LogP contribution in [0, 0.1) is 6.92 Å². The first kappa shape index (κ1) is 16.4. The van der Waals surface area contributed by atoms with Crippen LogP contribution in [0.3, 0.4) is 0 Å². The number of amides is 1. The molecule has 0 aliphatic rings. The van der Waals surface area contributed by atoms with Gasteiger partial charge in [0.1, 0.15) is 5.69 Å². The highest BCUT2D eigenvalue weighted by molar-refractivity contribution is 5.93. The number of rotatable bonds is 6. The summed E-state index contributed by atoms with van der Waals surface area (Å²) in [5.41, 5.74) is 0.845. The summed E-state index contributed by atoms with van der Waals surface area (Å²) in [5, 5.41) is 5.99. The van der Waals surface area contributed by atoms with Gasteiger partial charge in [0.25, 0.3) is 5.91 Å². The van der Waals surface area contributed by atoms with Gasteiger partial charge in [0.05, 0.1) is 0 Å². The van der Waals surface area contributed by atoms with E-state index in [-0.39, 0.29) is 11.4 Å². The standard InChI is InChI=1S/C14H24N4O2/c1-10-9-11(12(19)18-14(2,3)4)17-13(16-10)15-7-6-8-20-5/h9H,6-8H2,1-5H3,(H,18,19)(H,15,16,17). The van der Waals surface area contributed by atoms with Gasteiger partial charge in [0.15, 0.2) is 0 Å². The van der Waals surface area contributed by atoms with Crippen LogP contribution in [0.5, 0.6) is 0 Å². The van der Waals surface area contributed by atoms with Crippen molar-refractivity contribution in [1.82, 2.24) is 15.3 Å². The smallest absolute Gasteiger partial charge is 0.270 e. The highest BCUT2D eigenvalue weighted by Crippen LogP contribution is 2.07. The van der Waals surface area contributed by atoms with Gasteiger partial charge in [-0.25, -0.2) is 9.97 Å². The van der Waals surface area contributed by atoms with Gasteiger partial charge in [0, 0.05) is 31.5 Å². The average molecular weight is 280 g/mol. The molecule has 0 radical (unpaired) electrons. The minimum Gasteiger partial charge on any atom is -0.385 e. The first-order chi connectivity index (χ1) is 9.31. The number of ether oxygens (including phenoxy) is 1. The van der Waals surface area contributed by atoms with Crippen LogP contribution in [0.15, 0.2) is 6.07 Å². The van der Waals surface area contributed by atoms with Crippen molar-refractivity contribution >= 4 is 11.9 Å². The maximum Gasteiger partial charge on any atom is 0.270 e. The molecule has 0 spiro atoms. The fourth-order valence-corrected chi connectivity index (χ4v) is 1.59. The van der Waals surface area contributed by atoms with E-state index in [1.807, 2.05) is 27.7 Å². The fraction of sp³-hybridized carbons (Fsp3) is 0.643. The Morgan fingerprint density at radius 3 is 2.65 bits per heavy atom. The molecule has 0 saturated heterocycles. The summed E-state index contributed by atoms with van der Waals surface area (Å²) in [7, 11) is 1.66. The summed E-state index contributed by atoms with van der Waals surface area (Å²) in [6.45, 7) is 9.03. The highest BCUT2D eigenvalue weighted by atomic mass is 16.5. The molecular weight excluding hydrogens is 256 g/mol. The fourth-order valence-electron chi connectivity index (χ4n) is 1.59. The lowest BCUT2D eigenvalue weighted by molar-refractivity contribution is 0.0914. The SMILES string of the molecule is COCCCNc1nc(C)cc(C(=O)NC(C)(C)C)n1. The zero-order valence-corrected chi connectivity index (χ0v) is 12.9. The number of aryl methyl sites for hydroxylation is 1. The first-order valence-corrected chi connectivity index (χ1v) is 6.73. The van der Waals surface area contributed by atoms with Crippen molar-refractivity contribution in [3.05, 3.63) is 17.5 Å². The van der Waals surface area contributed by atoms with E-state index in [9.17, 15) is 4.79 Å². The summed E-state index contributed by atoms with van der Waals surface area (Å²) in [4.78, 5) is 20.6. The maximum atomic E-state index is 12.1. The van der Waals surface area contributed by atoms with Gasteiger partial charge >= 0.3 is 0 Å². The Hall–Kier alpha value is -1.69. The topological polar surface area (TPSA) is 76.1 Å². The Bertz CT molecular complexity index is 455. The number of carbonyl (C=O) groups is 1. The number of anilines is 1. The predicted octanol–water partition coefficient (Wildman–Crippen LogP) is 1.76. The summed E-state index contributed by atoms with van der Waals surface area (Å²) >= 11 is 0. The molecule has 0 atom stereocenters. The van der Waals surface area contributed by atoms with E-state index in [4.69, 9.17) is 4.74 Å². The molecule has 2 N–H and O–H groups in total. The van der Waals surface area contributed by atoms with Crippen molar-refractivity contribution in [2.75, 3.05) is 25.6 Å². The number of methoxy groups -OCH3 is 1. The number of nitrogens with zero attached hydrogens (tertiary/aromatic N) is 2. The molecule has 0 bridgehead atoms. The minimum absolute atomic E-state index is 0.192. The van der Waals surface area contributed by atoms with Crippen LogP contribution in [0.1, 0.15) is 43.4 Å². The molecule has 6 heteroatoms. The quantitative estimate of drug-likeness (QED) is 0.777. The van der Waals surface area contributed by atoms with Crippen molar-refractivity contribution in [2.24, 2.45) is 0 Å². The largest absolute Gasteiger partial charge is 0.385 e. The zero-order chi connectivity index (χ0) is 15.2. The summed E-state index contributed by atoms with van der Waals surface area (Å²) in [5.74, 6) is 0.281. The molecule has 0 unspecified atom stereocenters. The number of aromatic nitrogens is 2. The van der Waals surface area contributed by atoms with Crippen molar-refractivity contribution < 1.29 is 9.53 Å². The highest BCUT2D eigenvalue weighted by Gasteiger charge is 2.17. The third kappa shape index (κ3) is 5.97.